The van der Waals surface area contributed by atoms with Gasteiger partial charge in [-0.2, -0.15) is 0 Å². The van der Waals surface area contributed by atoms with Gasteiger partial charge < -0.3 is 18.9 Å². The van der Waals surface area contributed by atoms with Gasteiger partial charge in [0.05, 0.1) is 19.8 Å². The molecule has 0 aromatic heterocycles. The normalized spacial score (nSPS) is 13.7. The third-order valence-corrected chi connectivity index (χ3v) is 5.25. The molecule has 3 aromatic carbocycles. The fourth-order valence-corrected chi connectivity index (χ4v) is 3.47. The molecule has 0 fully saturated rings. The van der Waals surface area contributed by atoms with Crippen molar-refractivity contribution in [2.24, 2.45) is 0 Å². The topological polar surface area (TPSA) is 54.0 Å². The molecule has 1 heterocycles. The van der Waals surface area contributed by atoms with Gasteiger partial charge in [0.2, 0.25) is 5.78 Å². The molecule has 0 spiro atoms. The van der Waals surface area contributed by atoms with Gasteiger partial charge in [-0.3, -0.25) is 4.79 Å². The predicted octanol–water partition coefficient (Wildman–Crippen LogP) is 5.52. The standard InChI is InChI=1S/C26H24O5/c1-16-5-6-17(2)19(11-16)15-30-20-8-9-21-23(14-20)31-25(26(21)27)13-18-7-10-22(28-3)24(12-18)29-4/h5-14H,15H2,1-4H3. The Bertz CT molecular complexity index is 1180. The summed E-state index contributed by atoms with van der Waals surface area (Å²) in [6.07, 6.45) is 1.70. The van der Waals surface area contributed by atoms with E-state index >= 15 is 0 Å². The molecular weight excluding hydrogens is 392 g/mol. The first-order valence-corrected chi connectivity index (χ1v) is 9.97. The summed E-state index contributed by atoms with van der Waals surface area (Å²) in [7, 11) is 3.15. The quantitative estimate of drug-likeness (QED) is 0.496. The van der Waals surface area contributed by atoms with Crippen LogP contribution < -0.4 is 18.9 Å². The Kier molecular flexibility index (Phi) is 5.67. The predicted molar refractivity (Wildman–Crippen MR) is 119 cm³/mol. The van der Waals surface area contributed by atoms with Gasteiger partial charge in [-0.1, -0.05) is 29.8 Å². The maximum absolute atomic E-state index is 12.8. The van der Waals surface area contributed by atoms with E-state index in [4.69, 9.17) is 18.9 Å². The molecule has 0 bridgehead atoms. The second kappa shape index (κ2) is 8.56. The molecule has 0 saturated carbocycles. The van der Waals surface area contributed by atoms with Crippen molar-refractivity contribution < 1.29 is 23.7 Å². The summed E-state index contributed by atoms with van der Waals surface area (Å²) in [5.41, 5.74) is 4.80. The molecule has 0 saturated heterocycles. The highest BCUT2D eigenvalue weighted by Crippen LogP contribution is 2.36. The van der Waals surface area contributed by atoms with Crippen LogP contribution in [-0.4, -0.2) is 20.0 Å². The number of hydrogen-bond acceptors (Lipinski definition) is 5. The molecule has 0 atom stereocenters. The molecule has 3 aromatic rings. The lowest BCUT2D eigenvalue weighted by atomic mass is 10.1. The van der Waals surface area contributed by atoms with Gasteiger partial charge in [0, 0.05) is 6.07 Å². The molecule has 31 heavy (non-hydrogen) atoms. The van der Waals surface area contributed by atoms with E-state index in [0.29, 0.717) is 35.2 Å². The molecule has 0 amide bonds. The van der Waals surface area contributed by atoms with Crippen LogP contribution in [0.3, 0.4) is 0 Å². The Morgan fingerprint density at radius 2 is 1.71 bits per heavy atom. The van der Waals surface area contributed by atoms with Gasteiger partial charge >= 0.3 is 0 Å². The number of aryl methyl sites for hydroxylation is 2. The van der Waals surface area contributed by atoms with E-state index < -0.39 is 0 Å². The van der Waals surface area contributed by atoms with Gasteiger partial charge in [-0.05, 0) is 60.9 Å². The summed E-state index contributed by atoms with van der Waals surface area (Å²) in [4.78, 5) is 12.8. The van der Waals surface area contributed by atoms with Crippen LogP contribution in [0, 0.1) is 13.8 Å². The Morgan fingerprint density at radius 1 is 0.903 bits per heavy atom. The molecule has 1 aliphatic rings. The highest BCUT2D eigenvalue weighted by atomic mass is 16.5. The summed E-state index contributed by atoms with van der Waals surface area (Å²) in [5.74, 6) is 2.45. The Hall–Kier alpha value is -3.73. The maximum Gasteiger partial charge on any atom is 0.231 e. The van der Waals surface area contributed by atoms with Crippen LogP contribution in [0.25, 0.3) is 6.08 Å². The van der Waals surface area contributed by atoms with Crippen LogP contribution in [0.2, 0.25) is 0 Å². The molecule has 0 aliphatic carbocycles. The number of methoxy groups -OCH3 is 2. The van der Waals surface area contributed by atoms with Gasteiger partial charge in [-0.25, -0.2) is 0 Å². The van der Waals surface area contributed by atoms with Crippen molar-refractivity contribution in [1.29, 1.82) is 0 Å². The number of carbonyl (C=O) groups excluding carboxylic acids is 1. The third kappa shape index (κ3) is 4.26. The molecule has 5 nitrogen and oxygen atoms in total. The SMILES string of the molecule is COc1ccc(C=C2Oc3cc(OCc4cc(C)ccc4C)ccc3C2=O)cc1OC. The number of ether oxygens (including phenoxy) is 4. The number of hydrogen-bond donors (Lipinski definition) is 0. The minimum atomic E-state index is -0.161. The van der Waals surface area contributed by atoms with Crippen molar-refractivity contribution in [3.63, 3.8) is 0 Å². The number of Topliss-reactive ketones (excluding diaryl/α,β-unsaturated/α-hetero) is 1. The molecule has 0 radical (unpaired) electrons. The lowest BCUT2D eigenvalue weighted by Crippen LogP contribution is -1.99. The summed E-state index contributed by atoms with van der Waals surface area (Å²) in [6.45, 7) is 4.58. The first kappa shape index (κ1) is 20.5. The molecule has 0 N–H and O–H groups in total. The largest absolute Gasteiger partial charge is 0.493 e. The van der Waals surface area contributed by atoms with Gasteiger partial charge in [-0.15, -0.1) is 0 Å². The zero-order valence-electron chi connectivity index (χ0n) is 18.0. The van der Waals surface area contributed by atoms with Crippen molar-refractivity contribution in [2.45, 2.75) is 20.5 Å². The van der Waals surface area contributed by atoms with E-state index in [-0.39, 0.29) is 11.5 Å². The van der Waals surface area contributed by atoms with Gasteiger partial charge in [0.25, 0.3) is 0 Å². The first-order valence-electron chi connectivity index (χ1n) is 9.97. The Morgan fingerprint density at radius 3 is 2.48 bits per heavy atom. The van der Waals surface area contributed by atoms with E-state index in [2.05, 4.69) is 32.0 Å². The second-order valence-corrected chi connectivity index (χ2v) is 7.43. The zero-order valence-corrected chi connectivity index (χ0v) is 18.0. The van der Waals surface area contributed by atoms with E-state index in [0.717, 1.165) is 11.1 Å². The van der Waals surface area contributed by atoms with Gasteiger partial charge in [0.1, 0.15) is 18.1 Å². The van der Waals surface area contributed by atoms with Gasteiger partial charge in [0.15, 0.2) is 17.3 Å². The maximum atomic E-state index is 12.8. The molecular formula is C26H24O5. The molecule has 158 valence electrons. The lowest BCUT2D eigenvalue weighted by molar-refractivity contribution is 0.101. The molecule has 5 heteroatoms. The average molecular weight is 416 g/mol. The molecule has 4 rings (SSSR count). The van der Waals surface area contributed by atoms with Crippen LogP contribution in [0.5, 0.6) is 23.0 Å². The third-order valence-electron chi connectivity index (χ3n) is 5.25. The lowest BCUT2D eigenvalue weighted by Gasteiger charge is -2.10. The van der Waals surface area contributed by atoms with E-state index in [9.17, 15) is 4.79 Å². The zero-order chi connectivity index (χ0) is 22.0. The number of ketones is 1. The Labute approximate surface area is 181 Å². The fourth-order valence-electron chi connectivity index (χ4n) is 3.47. The smallest absolute Gasteiger partial charge is 0.231 e. The minimum Gasteiger partial charge on any atom is -0.493 e. The highest BCUT2D eigenvalue weighted by molar-refractivity contribution is 6.14. The summed E-state index contributed by atoms with van der Waals surface area (Å²) < 4.78 is 22.4. The van der Waals surface area contributed by atoms with Crippen molar-refractivity contribution in [3.8, 4) is 23.0 Å². The minimum absolute atomic E-state index is 0.161. The first-order chi connectivity index (χ1) is 15.0. The van der Waals surface area contributed by atoms with Crippen molar-refractivity contribution in [1.82, 2.24) is 0 Å². The van der Waals surface area contributed by atoms with Crippen molar-refractivity contribution in [3.05, 3.63) is 88.2 Å². The van der Waals surface area contributed by atoms with Crippen molar-refractivity contribution in [2.75, 3.05) is 14.2 Å². The van der Waals surface area contributed by atoms with E-state index in [1.54, 1.807) is 50.6 Å². The van der Waals surface area contributed by atoms with Crippen LogP contribution in [0.15, 0.2) is 60.4 Å². The summed E-state index contributed by atoms with van der Waals surface area (Å²) >= 11 is 0. The monoisotopic (exact) mass is 416 g/mol. The summed E-state index contributed by atoms with van der Waals surface area (Å²) in [5, 5.41) is 0. The number of carbonyl (C=O) groups is 1. The van der Waals surface area contributed by atoms with Crippen LogP contribution in [0.4, 0.5) is 0 Å². The van der Waals surface area contributed by atoms with E-state index in [1.165, 1.54) is 11.1 Å². The molecule has 0 unspecified atom stereocenters. The summed E-state index contributed by atoms with van der Waals surface area (Å²) in [6, 6.07) is 17.0. The van der Waals surface area contributed by atoms with Crippen molar-refractivity contribution >= 4 is 11.9 Å². The van der Waals surface area contributed by atoms with Crippen LogP contribution in [0.1, 0.15) is 32.6 Å². The fraction of sp³-hybridized carbons (Fsp3) is 0.192. The Balaban J connectivity index is 1.53. The molecule has 1 aliphatic heterocycles. The van der Waals surface area contributed by atoms with E-state index in [1.807, 2.05) is 6.07 Å². The van der Waals surface area contributed by atoms with Crippen LogP contribution >= 0.6 is 0 Å². The number of benzene rings is 3. The second-order valence-electron chi connectivity index (χ2n) is 7.43. The average Bonchev–Trinajstić information content (AvgIpc) is 3.08. The number of rotatable bonds is 6. The highest BCUT2D eigenvalue weighted by Gasteiger charge is 2.28. The number of allylic oxidation sites excluding steroid dienone is 1. The van der Waals surface area contributed by atoms with Crippen LogP contribution in [-0.2, 0) is 6.61 Å². The number of fused-ring (bicyclic) bond motifs is 1.